The third-order valence-corrected chi connectivity index (χ3v) is 7.10. The molecular weight excluding hydrogens is 392 g/mol. The van der Waals surface area contributed by atoms with Crippen molar-refractivity contribution in [3.8, 4) is 0 Å². The molecule has 166 valence electrons. The molecule has 1 aliphatic carbocycles. The summed E-state index contributed by atoms with van der Waals surface area (Å²) in [5.74, 6) is 0. The van der Waals surface area contributed by atoms with Crippen LogP contribution >= 0.6 is 0 Å². The van der Waals surface area contributed by atoms with Crippen molar-refractivity contribution in [1.82, 2.24) is 19.8 Å². The van der Waals surface area contributed by atoms with Gasteiger partial charge in [-0.15, -0.1) is 0 Å². The van der Waals surface area contributed by atoms with Gasteiger partial charge in [-0.25, -0.2) is 9.97 Å². The number of fused-ring (bicyclic) bond motifs is 1. The van der Waals surface area contributed by atoms with Gasteiger partial charge in [0, 0.05) is 37.6 Å². The third kappa shape index (κ3) is 4.92. The Morgan fingerprint density at radius 3 is 2.09 bits per heavy atom. The smallest absolute Gasteiger partial charge is 0.115 e. The number of piperazine rings is 1. The molecule has 0 atom stereocenters. The van der Waals surface area contributed by atoms with Crippen molar-refractivity contribution in [1.29, 1.82) is 0 Å². The lowest BCUT2D eigenvalue weighted by Crippen LogP contribution is -2.48. The number of aromatic nitrogens is 2. The van der Waals surface area contributed by atoms with Gasteiger partial charge >= 0.3 is 0 Å². The molecule has 4 nitrogen and oxygen atoms in total. The SMILES string of the molecule is c1ccc(C(c2ccccc2)N2CCN(CCCc3ncnc4c3CCCC4)CC2)cc1. The lowest BCUT2D eigenvalue weighted by molar-refractivity contribution is 0.108. The Morgan fingerprint density at radius 2 is 1.41 bits per heavy atom. The van der Waals surface area contributed by atoms with Crippen LogP contribution in [0.5, 0.6) is 0 Å². The number of benzene rings is 2. The molecule has 5 rings (SSSR count). The Morgan fingerprint density at radius 1 is 0.750 bits per heavy atom. The molecule has 0 saturated carbocycles. The zero-order valence-corrected chi connectivity index (χ0v) is 19.0. The van der Waals surface area contributed by atoms with Crippen LogP contribution in [0.15, 0.2) is 67.0 Å². The van der Waals surface area contributed by atoms with Gasteiger partial charge in [-0.2, -0.15) is 0 Å². The largest absolute Gasteiger partial charge is 0.301 e. The molecule has 3 aromatic rings. The van der Waals surface area contributed by atoms with Crippen molar-refractivity contribution >= 4 is 0 Å². The predicted molar refractivity (Wildman–Crippen MR) is 130 cm³/mol. The summed E-state index contributed by atoms with van der Waals surface area (Å²) in [4.78, 5) is 14.5. The van der Waals surface area contributed by atoms with E-state index in [1.54, 1.807) is 6.33 Å². The number of rotatable bonds is 7. The Labute approximate surface area is 192 Å². The Kier molecular flexibility index (Phi) is 6.90. The van der Waals surface area contributed by atoms with Crippen molar-refractivity contribution in [2.45, 2.75) is 44.6 Å². The molecule has 0 N–H and O–H groups in total. The predicted octanol–water partition coefficient (Wildman–Crippen LogP) is 4.70. The molecule has 0 bridgehead atoms. The summed E-state index contributed by atoms with van der Waals surface area (Å²) in [6, 6.07) is 22.3. The van der Waals surface area contributed by atoms with Gasteiger partial charge in [-0.1, -0.05) is 60.7 Å². The van der Waals surface area contributed by atoms with Crippen molar-refractivity contribution in [3.63, 3.8) is 0 Å². The van der Waals surface area contributed by atoms with E-state index in [1.165, 1.54) is 53.8 Å². The number of hydrogen-bond acceptors (Lipinski definition) is 4. The van der Waals surface area contributed by atoms with Crippen LogP contribution in [0.25, 0.3) is 0 Å². The van der Waals surface area contributed by atoms with E-state index >= 15 is 0 Å². The fourth-order valence-corrected chi connectivity index (χ4v) is 5.40. The molecule has 32 heavy (non-hydrogen) atoms. The molecule has 0 unspecified atom stereocenters. The van der Waals surface area contributed by atoms with Crippen molar-refractivity contribution in [3.05, 3.63) is 95.1 Å². The van der Waals surface area contributed by atoms with Crippen molar-refractivity contribution < 1.29 is 0 Å². The fourth-order valence-electron chi connectivity index (χ4n) is 5.40. The van der Waals surface area contributed by atoms with E-state index in [0.29, 0.717) is 6.04 Å². The number of aryl methyl sites for hydroxylation is 2. The van der Waals surface area contributed by atoms with Gasteiger partial charge in [0.2, 0.25) is 0 Å². The highest BCUT2D eigenvalue weighted by molar-refractivity contribution is 5.32. The van der Waals surface area contributed by atoms with E-state index in [9.17, 15) is 0 Å². The molecule has 1 aromatic heterocycles. The maximum Gasteiger partial charge on any atom is 0.115 e. The fraction of sp³-hybridized carbons (Fsp3) is 0.429. The minimum absolute atomic E-state index is 0.340. The van der Waals surface area contributed by atoms with Crippen LogP contribution in [0.1, 0.15) is 53.4 Å². The molecule has 2 heterocycles. The normalized spacial score (nSPS) is 17.4. The number of nitrogens with zero attached hydrogens (tertiary/aromatic N) is 4. The number of hydrogen-bond donors (Lipinski definition) is 0. The zero-order chi connectivity index (χ0) is 21.6. The van der Waals surface area contributed by atoms with Gasteiger partial charge in [-0.3, -0.25) is 4.90 Å². The molecule has 0 radical (unpaired) electrons. The van der Waals surface area contributed by atoms with Crippen LogP contribution in [-0.2, 0) is 19.3 Å². The molecule has 0 spiro atoms. The lowest BCUT2D eigenvalue weighted by atomic mass is 9.93. The average molecular weight is 427 g/mol. The van der Waals surface area contributed by atoms with Crippen molar-refractivity contribution in [2.75, 3.05) is 32.7 Å². The van der Waals surface area contributed by atoms with Crippen LogP contribution in [-0.4, -0.2) is 52.5 Å². The highest BCUT2D eigenvalue weighted by Gasteiger charge is 2.26. The molecule has 2 aliphatic rings. The van der Waals surface area contributed by atoms with Crippen molar-refractivity contribution in [2.24, 2.45) is 0 Å². The van der Waals surface area contributed by atoms with E-state index in [0.717, 1.165) is 45.6 Å². The summed E-state index contributed by atoms with van der Waals surface area (Å²) in [6.07, 6.45) is 8.93. The maximum atomic E-state index is 4.64. The van der Waals surface area contributed by atoms with E-state index in [1.807, 2.05) is 0 Å². The van der Waals surface area contributed by atoms with E-state index in [-0.39, 0.29) is 0 Å². The monoisotopic (exact) mass is 426 g/mol. The zero-order valence-electron chi connectivity index (χ0n) is 19.0. The summed E-state index contributed by atoms with van der Waals surface area (Å²) in [6.45, 7) is 5.65. The van der Waals surface area contributed by atoms with Gasteiger partial charge < -0.3 is 4.90 Å². The minimum atomic E-state index is 0.340. The second-order valence-electron chi connectivity index (χ2n) is 9.16. The summed E-state index contributed by atoms with van der Waals surface area (Å²) < 4.78 is 0. The first-order chi connectivity index (χ1) is 15.9. The van der Waals surface area contributed by atoms with Gasteiger partial charge in [0.15, 0.2) is 0 Å². The molecular formula is C28H34N4. The van der Waals surface area contributed by atoms with Gasteiger partial charge in [0.25, 0.3) is 0 Å². The molecule has 2 aromatic carbocycles. The molecule has 1 fully saturated rings. The quantitative estimate of drug-likeness (QED) is 0.548. The molecule has 0 amide bonds. The van der Waals surface area contributed by atoms with E-state index in [4.69, 9.17) is 0 Å². The van der Waals surface area contributed by atoms with Crippen LogP contribution in [0.4, 0.5) is 0 Å². The topological polar surface area (TPSA) is 32.3 Å². The van der Waals surface area contributed by atoms with Gasteiger partial charge in [0.1, 0.15) is 6.33 Å². The van der Waals surface area contributed by atoms with Crippen LogP contribution in [0, 0.1) is 0 Å². The second kappa shape index (κ2) is 10.4. The van der Waals surface area contributed by atoms with Gasteiger partial charge in [0.05, 0.1) is 6.04 Å². The highest BCUT2D eigenvalue weighted by Crippen LogP contribution is 2.29. The van der Waals surface area contributed by atoms with E-state index < -0.39 is 0 Å². The molecule has 1 saturated heterocycles. The lowest BCUT2D eigenvalue weighted by Gasteiger charge is -2.40. The molecule has 1 aliphatic heterocycles. The second-order valence-corrected chi connectivity index (χ2v) is 9.16. The van der Waals surface area contributed by atoms with Crippen LogP contribution < -0.4 is 0 Å². The highest BCUT2D eigenvalue weighted by atomic mass is 15.3. The Balaban J connectivity index is 1.18. The standard InChI is InChI=1S/C28H34N4/c1-3-10-23(11-4-1)28(24-12-5-2-6-13-24)32-20-18-31(19-21-32)17-9-16-27-25-14-7-8-15-26(25)29-22-30-27/h1-6,10-13,22,28H,7-9,14-21H2. The Hall–Kier alpha value is -2.56. The van der Waals surface area contributed by atoms with Crippen LogP contribution in [0.3, 0.4) is 0 Å². The third-order valence-electron chi connectivity index (χ3n) is 7.10. The summed E-state index contributed by atoms with van der Waals surface area (Å²) in [7, 11) is 0. The summed E-state index contributed by atoms with van der Waals surface area (Å²) in [5.41, 5.74) is 6.85. The first-order valence-electron chi connectivity index (χ1n) is 12.3. The first kappa shape index (κ1) is 21.3. The first-order valence-corrected chi connectivity index (χ1v) is 12.3. The summed E-state index contributed by atoms with van der Waals surface area (Å²) in [5, 5.41) is 0. The Bertz CT molecular complexity index is 941. The average Bonchev–Trinajstić information content (AvgIpc) is 2.87. The maximum absolute atomic E-state index is 4.64. The van der Waals surface area contributed by atoms with Crippen LogP contribution in [0.2, 0.25) is 0 Å². The summed E-state index contributed by atoms with van der Waals surface area (Å²) >= 11 is 0. The molecule has 4 heteroatoms. The van der Waals surface area contributed by atoms with E-state index in [2.05, 4.69) is 80.4 Å². The van der Waals surface area contributed by atoms with Gasteiger partial charge in [-0.05, 0) is 61.8 Å². The minimum Gasteiger partial charge on any atom is -0.301 e.